The maximum atomic E-state index is 17.2. The van der Waals surface area contributed by atoms with Crippen LogP contribution in [0.25, 0.3) is 32.1 Å². The van der Waals surface area contributed by atoms with E-state index in [1.807, 2.05) is 11.0 Å². The van der Waals surface area contributed by atoms with Gasteiger partial charge >= 0.3 is 6.01 Å². The van der Waals surface area contributed by atoms with Gasteiger partial charge in [0.2, 0.25) is 0 Å². The highest BCUT2D eigenvalue weighted by molar-refractivity contribution is 7.23. The van der Waals surface area contributed by atoms with E-state index >= 15 is 4.39 Å². The molecule has 0 aliphatic carbocycles. The molecule has 3 saturated heterocycles. The zero-order chi connectivity index (χ0) is 32.6. The highest BCUT2D eigenvalue weighted by atomic mass is 35.5. The molecule has 0 amide bonds. The number of ether oxygens (including phenoxy) is 2. The van der Waals surface area contributed by atoms with Crippen LogP contribution >= 0.6 is 22.9 Å². The van der Waals surface area contributed by atoms with Gasteiger partial charge in [-0.3, -0.25) is 4.90 Å². The van der Waals surface area contributed by atoms with Crippen molar-refractivity contribution in [2.24, 2.45) is 5.92 Å². The van der Waals surface area contributed by atoms with Crippen molar-refractivity contribution < 1.29 is 22.6 Å². The van der Waals surface area contributed by atoms with Crippen LogP contribution in [0.1, 0.15) is 44.1 Å². The van der Waals surface area contributed by atoms with E-state index in [0.29, 0.717) is 31.7 Å². The standard InChI is InChI=1S/C33H29ClF3N7O2S/c34-25-23(18-5-6-20(36)29-22(18)19(12-39)30(40)47-29)26(37)27-24-28(25)45-14-21-16(11-38)4-1-2-9-44(21)31(24)42-32(41-27)46-15-33-7-3-8-43(33)13-17(35)10-33/h5-6,16-17,21H,1-4,7-10,13-15,40H2/t16?,17-,21?,33?/m1/s1. The molecule has 3 fully saturated rings. The molecule has 0 bridgehead atoms. The number of nitrogens with two attached hydrogens (primary N) is 1. The number of thiophene rings is 1. The van der Waals surface area contributed by atoms with Gasteiger partial charge in [0.25, 0.3) is 0 Å². The summed E-state index contributed by atoms with van der Waals surface area (Å²) < 4.78 is 59.4. The number of benzene rings is 2. The molecule has 3 unspecified atom stereocenters. The third-order valence-corrected chi connectivity index (χ3v) is 11.6. The lowest BCUT2D eigenvalue weighted by atomic mass is 9.95. The van der Waals surface area contributed by atoms with Crippen LogP contribution < -0.4 is 20.1 Å². The number of anilines is 2. The predicted molar refractivity (Wildman–Crippen MR) is 173 cm³/mol. The predicted octanol–water partition coefficient (Wildman–Crippen LogP) is 6.74. The molecule has 4 aliphatic rings. The third-order valence-electron chi connectivity index (χ3n) is 10.2. The number of halogens is 4. The molecular formula is C33H29ClF3N7O2S. The van der Waals surface area contributed by atoms with Crippen molar-refractivity contribution in [3.8, 4) is 35.0 Å². The summed E-state index contributed by atoms with van der Waals surface area (Å²) in [5.41, 5.74) is 5.51. The Morgan fingerprint density at radius 2 is 2.02 bits per heavy atom. The first-order valence-corrected chi connectivity index (χ1v) is 16.9. The topological polar surface area (TPSA) is 124 Å². The molecule has 47 heavy (non-hydrogen) atoms. The molecule has 4 aliphatic heterocycles. The van der Waals surface area contributed by atoms with Gasteiger partial charge in [-0.1, -0.05) is 24.1 Å². The molecule has 8 rings (SSSR count). The minimum atomic E-state index is -0.958. The monoisotopic (exact) mass is 679 g/mol. The number of hydrogen-bond donors (Lipinski definition) is 1. The Balaban J connectivity index is 1.36. The molecule has 0 saturated carbocycles. The molecule has 6 heterocycles. The zero-order valence-electron chi connectivity index (χ0n) is 25.2. The summed E-state index contributed by atoms with van der Waals surface area (Å²) in [5, 5.41) is 20.4. The zero-order valence-corrected chi connectivity index (χ0v) is 26.7. The molecule has 242 valence electrons. The van der Waals surface area contributed by atoms with E-state index in [4.69, 9.17) is 31.8 Å². The molecule has 14 heteroatoms. The van der Waals surface area contributed by atoms with Crippen LogP contribution in [0.3, 0.4) is 0 Å². The fourth-order valence-corrected chi connectivity index (χ4v) is 9.33. The van der Waals surface area contributed by atoms with Crippen molar-refractivity contribution >= 4 is 54.7 Å². The van der Waals surface area contributed by atoms with E-state index in [0.717, 1.165) is 43.6 Å². The van der Waals surface area contributed by atoms with Gasteiger partial charge in [-0.2, -0.15) is 20.5 Å². The summed E-state index contributed by atoms with van der Waals surface area (Å²) in [4.78, 5) is 13.5. The van der Waals surface area contributed by atoms with Crippen molar-refractivity contribution in [3.63, 3.8) is 0 Å². The van der Waals surface area contributed by atoms with Crippen LogP contribution in [0.4, 0.5) is 24.0 Å². The van der Waals surface area contributed by atoms with Crippen LogP contribution in [0.15, 0.2) is 12.1 Å². The van der Waals surface area contributed by atoms with Crippen LogP contribution in [0.2, 0.25) is 5.02 Å². The first kappa shape index (κ1) is 30.3. The summed E-state index contributed by atoms with van der Waals surface area (Å²) in [6.07, 6.45) is 3.34. The van der Waals surface area contributed by atoms with Gasteiger partial charge in [-0.25, -0.2) is 13.2 Å². The van der Waals surface area contributed by atoms with Gasteiger partial charge in [-0.15, -0.1) is 11.3 Å². The van der Waals surface area contributed by atoms with Crippen molar-refractivity contribution in [2.45, 2.75) is 56.3 Å². The second-order valence-electron chi connectivity index (χ2n) is 12.8. The van der Waals surface area contributed by atoms with Gasteiger partial charge in [-0.05, 0) is 43.9 Å². The van der Waals surface area contributed by atoms with Crippen molar-refractivity contribution in [1.82, 2.24) is 14.9 Å². The second kappa shape index (κ2) is 11.3. The number of rotatable bonds is 4. The summed E-state index contributed by atoms with van der Waals surface area (Å²) >= 11 is 7.93. The van der Waals surface area contributed by atoms with Gasteiger partial charge in [0.15, 0.2) is 11.6 Å². The minimum Gasteiger partial charge on any atom is -0.489 e. The van der Waals surface area contributed by atoms with E-state index < -0.39 is 29.4 Å². The fourth-order valence-electron chi connectivity index (χ4n) is 8.05. The number of nitriles is 2. The fraction of sp³-hybridized carbons (Fsp3) is 0.455. The van der Waals surface area contributed by atoms with Crippen LogP contribution in [0, 0.1) is 40.2 Å². The molecule has 4 atom stereocenters. The molecule has 2 aromatic carbocycles. The maximum Gasteiger partial charge on any atom is 0.319 e. The average molecular weight is 680 g/mol. The van der Waals surface area contributed by atoms with Gasteiger partial charge in [0.05, 0.1) is 44.2 Å². The highest BCUT2D eigenvalue weighted by Crippen LogP contribution is 2.52. The Labute approximate surface area is 277 Å². The summed E-state index contributed by atoms with van der Waals surface area (Å²) in [7, 11) is 0. The first-order valence-electron chi connectivity index (χ1n) is 15.7. The van der Waals surface area contributed by atoms with Gasteiger partial charge in [0.1, 0.15) is 47.6 Å². The first-order chi connectivity index (χ1) is 22.7. The lowest BCUT2D eigenvalue weighted by Gasteiger charge is -2.32. The number of hydrogen-bond acceptors (Lipinski definition) is 10. The number of fused-ring (bicyclic) bond motifs is 4. The lowest BCUT2D eigenvalue weighted by Crippen LogP contribution is -2.44. The maximum absolute atomic E-state index is 17.2. The smallest absolute Gasteiger partial charge is 0.319 e. The number of aromatic nitrogens is 2. The van der Waals surface area contributed by atoms with E-state index in [1.54, 1.807) is 0 Å². The SMILES string of the molecule is N#Cc1c(N)sc2c(F)ccc(-c3c(Cl)c4c5c(nc(OCC67CCCN6C[C@H](F)C7)nc5c3F)N3CCCCC(C#N)C3CO4)c12. The summed E-state index contributed by atoms with van der Waals surface area (Å²) in [6.45, 7) is 1.87. The molecule has 0 spiro atoms. The van der Waals surface area contributed by atoms with Crippen molar-refractivity contribution in [1.29, 1.82) is 10.5 Å². The van der Waals surface area contributed by atoms with Crippen molar-refractivity contribution in [3.05, 3.63) is 34.4 Å². The van der Waals surface area contributed by atoms with Crippen molar-refractivity contribution in [2.75, 3.05) is 43.5 Å². The Hall–Kier alpha value is -4.04. The Morgan fingerprint density at radius 1 is 1.17 bits per heavy atom. The molecular weight excluding hydrogens is 651 g/mol. The van der Waals surface area contributed by atoms with E-state index in [2.05, 4.69) is 16.0 Å². The summed E-state index contributed by atoms with van der Waals surface area (Å²) in [5.74, 6) is -1.36. The molecule has 2 aromatic heterocycles. The number of nitrogens with zero attached hydrogens (tertiary/aromatic N) is 6. The van der Waals surface area contributed by atoms with Crippen LogP contribution in [-0.4, -0.2) is 65.5 Å². The largest absolute Gasteiger partial charge is 0.489 e. The molecule has 9 nitrogen and oxygen atoms in total. The van der Waals surface area contributed by atoms with E-state index in [-0.39, 0.29) is 78.6 Å². The third kappa shape index (κ3) is 4.58. The number of nitrogen functional groups attached to an aromatic ring is 1. The van der Waals surface area contributed by atoms with Crippen LogP contribution in [0.5, 0.6) is 11.8 Å². The van der Waals surface area contributed by atoms with E-state index in [1.165, 1.54) is 12.1 Å². The van der Waals surface area contributed by atoms with Gasteiger partial charge < -0.3 is 20.1 Å². The average Bonchev–Trinajstić information content (AvgIpc) is 3.60. The number of alkyl halides is 1. The molecule has 2 N–H and O–H groups in total. The quantitative estimate of drug-likeness (QED) is 0.250. The van der Waals surface area contributed by atoms with Gasteiger partial charge in [0, 0.05) is 30.5 Å². The van der Waals surface area contributed by atoms with Crippen LogP contribution in [-0.2, 0) is 0 Å². The highest BCUT2D eigenvalue weighted by Gasteiger charge is 2.49. The Bertz CT molecular complexity index is 2050. The Morgan fingerprint density at radius 3 is 2.83 bits per heavy atom. The molecule has 0 radical (unpaired) electrons. The minimum absolute atomic E-state index is 0.0163. The Kier molecular flexibility index (Phi) is 7.28. The summed E-state index contributed by atoms with van der Waals surface area (Å²) in [6, 6.07) is 6.49. The second-order valence-corrected chi connectivity index (χ2v) is 14.2. The lowest BCUT2D eigenvalue weighted by molar-refractivity contribution is 0.107. The van der Waals surface area contributed by atoms with E-state index in [9.17, 15) is 19.3 Å². The normalized spacial score (nSPS) is 25.5. The molecule has 4 aromatic rings.